The second-order valence-corrected chi connectivity index (χ2v) is 7.10. The Morgan fingerprint density at radius 2 is 1.80 bits per heavy atom. The summed E-state index contributed by atoms with van der Waals surface area (Å²) in [7, 11) is -3.69. The third kappa shape index (κ3) is 2.92. The first-order valence-electron chi connectivity index (χ1n) is 7.50. The average Bonchev–Trinajstić information content (AvgIpc) is 2.99. The molecule has 25 heavy (non-hydrogen) atoms. The van der Waals surface area contributed by atoms with Gasteiger partial charge in [0.05, 0.1) is 4.90 Å². The van der Waals surface area contributed by atoms with Crippen LogP contribution in [-0.4, -0.2) is 18.4 Å². The molecule has 4 rings (SSSR count). The number of benzene rings is 2. The fraction of sp³-hybridized carbons (Fsp3) is 0.0588. The lowest BCUT2D eigenvalue weighted by molar-refractivity contribution is 0.598. The molecule has 8 heteroatoms. The summed E-state index contributed by atoms with van der Waals surface area (Å²) >= 11 is 0. The topological polar surface area (TPSA) is 111 Å². The highest BCUT2D eigenvalue weighted by molar-refractivity contribution is 7.89. The van der Waals surface area contributed by atoms with Crippen LogP contribution < -0.4 is 10.5 Å². The minimum Gasteiger partial charge on any atom is -0.450 e. The van der Waals surface area contributed by atoms with Gasteiger partial charge in [0.1, 0.15) is 17.4 Å². The Kier molecular flexibility index (Phi) is 3.63. The molecule has 0 saturated heterocycles. The van der Waals surface area contributed by atoms with E-state index in [-0.39, 0.29) is 4.90 Å². The summed E-state index contributed by atoms with van der Waals surface area (Å²) in [5, 5.41) is 9.23. The van der Waals surface area contributed by atoms with E-state index in [1.165, 1.54) is 18.5 Å². The minimum absolute atomic E-state index is 0.0814. The molecule has 7 nitrogen and oxygen atoms in total. The fourth-order valence-electron chi connectivity index (χ4n) is 2.63. The molecule has 0 bridgehead atoms. The highest BCUT2D eigenvalue weighted by Crippen LogP contribution is 2.30. The average molecular weight is 354 g/mol. The van der Waals surface area contributed by atoms with Gasteiger partial charge in [-0.25, -0.2) is 23.5 Å². The third-order valence-electron chi connectivity index (χ3n) is 3.87. The predicted octanol–water partition coefficient (Wildman–Crippen LogP) is 2.64. The molecule has 0 saturated carbocycles. The molecule has 0 fully saturated rings. The van der Waals surface area contributed by atoms with Crippen LogP contribution in [0.25, 0.3) is 22.1 Å². The van der Waals surface area contributed by atoms with Crippen molar-refractivity contribution in [2.75, 3.05) is 5.32 Å². The predicted molar refractivity (Wildman–Crippen MR) is 94.5 cm³/mol. The number of sulfonamides is 1. The number of nitrogens with zero attached hydrogens (tertiary/aromatic N) is 2. The van der Waals surface area contributed by atoms with Crippen molar-refractivity contribution < 1.29 is 12.8 Å². The van der Waals surface area contributed by atoms with E-state index in [0.29, 0.717) is 17.9 Å². The van der Waals surface area contributed by atoms with Gasteiger partial charge in [0.2, 0.25) is 10.0 Å². The molecule has 0 aliphatic rings. The Morgan fingerprint density at radius 3 is 2.56 bits per heavy atom. The van der Waals surface area contributed by atoms with Gasteiger partial charge in [-0.15, -0.1) is 0 Å². The molecule has 0 aliphatic heterocycles. The third-order valence-corrected chi connectivity index (χ3v) is 4.80. The highest BCUT2D eigenvalue weighted by atomic mass is 32.2. The Labute approximate surface area is 143 Å². The molecule has 4 aromatic rings. The SMILES string of the molecule is NS(=O)(=O)c1ccc(CNc2ncnc3c2oc2ccccc23)cc1. The van der Waals surface area contributed by atoms with Gasteiger partial charge >= 0.3 is 0 Å². The van der Waals surface area contributed by atoms with Crippen LogP contribution in [0, 0.1) is 0 Å². The van der Waals surface area contributed by atoms with E-state index in [1.807, 2.05) is 24.3 Å². The van der Waals surface area contributed by atoms with Gasteiger partial charge in [-0.1, -0.05) is 24.3 Å². The molecule has 0 atom stereocenters. The quantitative estimate of drug-likeness (QED) is 0.583. The van der Waals surface area contributed by atoms with Crippen LogP contribution in [-0.2, 0) is 16.6 Å². The van der Waals surface area contributed by atoms with Crippen molar-refractivity contribution in [3.05, 3.63) is 60.4 Å². The van der Waals surface area contributed by atoms with Crippen molar-refractivity contribution in [2.45, 2.75) is 11.4 Å². The summed E-state index contributed by atoms with van der Waals surface area (Å²) in [6.45, 7) is 0.452. The standard InChI is InChI=1S/C17H14N4O3S/c18-25(22,23)12-7-5-11(6-8-12)9-19-17-16-15(20-10-21-17)13-3-1-2-4-14(13)24-16/h1-8,10H,9H2,(H2,18,22,23)(H,19,20,21). The number of furan rings is 1. The number of primary sulfonamides is 1. The van der Waals surface area contributed by atoms with Crippen LogP contribution in [0.4, 0.5) is 5.82 Å². The molecule has 0 radical (unpaired) electrons. The zero-order chi connectivity index (χ0) is 17.4. The largest absolute Gasteiger partial charge is 0.450 e. The van der Waals surface area contributed by atoms with Gasteiger partial charge in [0, 0.05) is 11.9 Å². The number of rotatable bonds is 4. The number of hydrogen-bond acceptors (Lipinski definition) is 6. The second-order valence-electron chi connectivity index (χ2n) is 5.54. The number of aromatic nitrogens is 2. The molecular weight excluding hydrogens is 340 g/mol. The normalized spacial score (nSPS) is 11.9. The van der Waals surface area contributed by atoms with Crippen LogP contribution in [0.5, 0.6) is 0 Å². The smallest absolute Gasteiger partial charge is 0.238 e. The van der Waals surface area contributed by atoms with Crippen LogP contribution in [0.15, 0.2) is 64.2 Å². The Bertz CT molecular complexity index is 1170. The Morgan fingerprint density at radius 1 is 1.04 bits per heavy atom. The molecule has 0 spiro atoms. The maximum Gasteiger partial charge on any atom is 0.238 e. The lowest BCUT2D eigenvalue weighted by Gasteiger charge is -2.06. The van der Waals surface area contributed by atoms with E-state index in [4.69, 9.17) is 9.56 Å². The van der Waals surface area contributed by atoms with Gasteiger partial charge in [0.15, 0.2) is 11.4 Å². The van der Waals surface area contributed by atoms with Gasteiger partial charge in [-0.3, -0.25) is 0 Å². The van der Waals surface area contributed by atoms with Crippen molar-refractivity contribution in [2.24, 2.45) is 5.14 Å². The minimum atomic E-state index is -3.69. The fourth-order valence-corrected chi connectivity index (χ4v) is 3.15. The van der Waals surface area contributed by atoms with E-state index in [1.54, 1.807) is 12.1 Å². The number of nitrogens with one attached hydrogen (secondary N) is 1. The molecule has 2 aromatic carbocycles. The molecule has 126 valence electrons. The zero-order valence-corrected chi connectivity index (χ0v) is 13.8. The Hall–Kier alpha value is -2.97. The first-order chi connectivity index (χ1) is 12.0. The first kappa shape index (κ1) is 15.6. The summed E-state index contributed by atoms with van der Waals surface area (Å²) in [5.74, 6) is 0.580. The van der Waals surface area contributed by atoms with Crippen molar-refractivity contribution in [3.63, 3.8) is 0 Å². The van der Waals surface area contributed by atoms with E-state index in [0.717, 1.165) is 22.0 Å². The summed E-state index contributed by atoms with van der Waals surface area (Å²) in [6.07, 6.45) is 1.48. The van der Waals surface area contributed by atoms with E-state index >= 15 is 0 Å². The molecule has 2 heterocycles. The molecular formula is C17H14N4O3S. The zero-order valence-electron chi connectivity index (χ0n) is 13.0. The summed E-state index contributed by atoms with van der Waals surface area (Å²) in [6, 6.07) is 14.0. The maximum atomic E-state index is 11.3. The highest BCUT2D eigenvalue weighted by Gasteiger charge is 2.12. The van der Waals surface area contributed by atoms with Gasteiger partial charge < -0.3 is 9.73 Å². The molecule has 0 unspecified atom stereocenters. The number of para-hydroxylation sites is 1. The molecule has 0 amide bonds. The maximum absolute atomic E-state index is 11.3. The Balaban J connectivity index is 1.63. The second kappa shape index (κ2) is 5.83. The van der Waals surface area contributed by atoms with E-state index in [9.17, 15) is 8.42 Å². The van der Waals surface area contributed by atoms with Gasteiger partial charge in [-0.2, -0.15) is 0 Å². The van der Waals surface area contributed by atoms with E-state index < -0.39 is 10.0 Å². The van der Waals surface area contributed by atoms with Crippen molar-refractivity contribution >= 4 is 37.9 Å². The lowest BCUT2D eigenvalue weighted by atomic mass is 10.2. The first-order valence-corrected chi connectivity index (χ1v) is 9.05. The number of nitrogens with two attached hydrogens (primary N) is 1. The lowest BCUT2D eigenvalue weighted by Crippen LogP contribution is -2.12. The summed E-state index contributed by atoms with van der Waals surface area (Å²) in [4.78, 5) is 8.62. The molecule has 2 aromatic heterocycles. The summed E-state index contributed by atoms with van der Waals surface area (Å²) < 4.78 is 28.4. The van der Waals surface area contributed by atoms with Crippen LogP contribution in [0.3, 0.4) is 0 Å². The van der Waals surface area contributed by atoms with Gasteiger partial charge in [-0.05, 0) is 29.8 Å². The number of fused-ring (bicyclic) bond motifs is 3. The van der Waals surface area contributed by atoms with Crippen LogP contribution >= 0.6 is 0 Å². The van der Waals surface area contributed by atoms with Crippen LogP contribution in [0.1, 0.15) is 5.56 Å². The molecule has 3 N–H and O–H groups in total. The van der Waals surface area contributed by atoms with Crippen molar-refractivity contribution in [1.82, 2.24) is 9.97 Å². The van der Waals surface area contributed by atoms with Crippen molar-refractivity contribution in [1.29, 1.82) is 0 Å². The summed E-state index contributed by atoms with van der Waals surface area (Å²) in [5.41, 5.74) is 2.97. The number of hydrogen-bond donors (Lipinski definition) is 2. The van der Waals surface area contributed by atoms with E-state index in [2.05, 4.69) is 15.3 Å². The van der Waals surface area contributed by atoms with Crippen molar-refractivity contribution in [3.8, 4) is 0 Å². The number of anilines is 1. The van der Waals surface area contributed by atoms with Gasteiger partial charge in [0.25, 0.3) is 0 Å². The monoisotopic (exact) mass is 354 g/mol. The molecule has 0 aliphatic carbocycles. The van der Waals surface area contributed by atoms with Crippen LogP contribution in [0.2, 0.25) is 0 Å².